The van der Waals surface area contributed by atoms with E-state index in [-0.39, 0.29) is 11.2 Å². The second kappa shape index (κ2) is 7.09. The van der Waals surface area contributed by atoms with Crippen LogP contribution in [0.3, 0.4) is 0 Å². The van der Waals surface area contributed by atoms with Gasteiger partial charge in [0.1, 0.15) is 0 Å². The van der Waals surface area contributed by atoms with Gasteiger partial charge in [-0.15, -0.1) is 4.89 Å². The number of alkyl halides is 1. The predicted octanol–water partition coefficient (Wildman–Crippen LogP) is 3.94. The normalized spacial score (nSPS) is 20.6. The Morgan fingerprint density at radius 1 is 1.44 bits per heavy atom. The van der Waals surface area contributed by atoms with Crippen LogP contribution >= 0.6 is 24.2 Å². The van der Waals surface area contributed by atoms with E-state index in [4.69, 9.17) is 4.89 Å². The van der Waals surface area contributed by atoms with Crippen molar-refractivity contribution in [3.63, 3.8) is 0 Å². The van der Waals surface area contributed by atoms with E-state index >= 15 is 0 Å². The first-order valence-corrected chi connectivity index (χ1v) is 8.37. The van der Waals surface area contributed by atoms with Gasteiger partial charge in [0.25, 0.3) is 0 Å². The van der Waals surface area contributed by atoms with Crippen molar-refractivity contribution in [1.29, 1.82) is 0 Å². The molecule has 1 rings (SSSR count). The fourth-order valence-electron chi connectivity index (χ4n) is 2.70. The van der Waals surface area contributed by atoms with Crippen LogP contribution in [0.5, 0.6) is 0 Å². The monoisotopic (exact) mass is 339 g/mol. The first-order valence-electron chi connectivity index (χ1n) is 6.32. The smallest absolute Gasteiger partial charge is 0.296 e. The zero-order chi connectivity index (χ0) is 13.8. The average Bonchev–Trinajstić information content (AvgIpc) is 2.28. The topological polar surface area (TPSA) is 63.6 Å². The Morgan fingerprint density at radius 2 is 2.00 bits per heavy atom. The van der Waals surface area contributed by atoms with Gasteiger partial charge in [-0.3, -0.25) is 4.79 Å². The van der Waals surface area contributed by atoms with E-state index in [1.54, 1.807) is 0 Å². The minimum Gasteiger partial charge on any atom is -0.296 e. The molecule has 0 aromatic heterocycles. The summed E-state index contributed by atoms with van der Waals surface area (Å²) in [6.07, 6.45) is 6.47. The van der Waals surface area contributed by atoms with Crippen LogP contribution in [0.15, 0.2) is 0 Å². The maximum atomic E-state index is 11.9. The minimum absolute atomic E-state index is 0.0754. The summed E-state index contributed by atoms with van der Waals surface area (Å²) in [5.74, 6) is 0.390. The highest BCUT2D eigenvalue weighted by Crippen LogP contribution is 2.41. The molecule has 0 aromatic rings. The summed E-state index contributed by atoms with van der Waals surface area (Å²) in [7, 11) is -2.75. The molecule has 1 fully saturated rings. The summed E-state index contributed by atoms with van der Waals surface area (Å²) in [4.78, 5) is 20.5. The molecular formula is C12H21BrO4P+. The molecule has 1 N–H and O–H groups in total. The van der Waals surface area contributed by atoms with E-state index in [2.05, 4.69) is 34.3 Å². The third-order valence-corrected chi connectivity index (χ3v) is 5.15. The third kappa shape index (κ3) is 5.04. The lowest BCUT2D eigenvalue weighted by molar-refractivity contribution is -0.125. The zero-order valence-corrected chi connectivity index (χ0v) is 13.4. The number of hydrogen-bond donors (Lipinski definition) is 1. The van der Waals surface area contributed by atoms with Gasteiger partial charge >= 0.3 is 8.25 Å². The number of rotatable bonds is 6. The van der Waals surface area contributed by atoms with E-state index in [0.717, 1.165) is 0 Å². The van der Waals surface area contributed by atoms with Crippen molar-refractivity contribution in [2.24, 2.45) is 11.3 Å². The quantitative estimate of drug-likeness (QED) is 0.588. The summed E-state index contributed by atoms with van der Waals surface area (Å²) < 4.78 is 15.1. The molecule has 1 aliphatic rings. The lowest BCUT2D eigenvalue weighted by Crippen LogP contribution is -2.31. The van der Waals surface area contributed by atoms with Crippen LogP contribution in [0.4, 0.5) is 0 Å². The SMILES string of the molecule is CC(C)(CC(=O)C(Br)O[P+](=O)O)C1CCCCC1. The summed E-state index contributed by atoms with van der Waals surface area (Å²) >= 11 is 3.00. The van der Waals surface area contributed by atoms with Gasteiger partial charge in [-0.25, -0.2) is 0 Å². The molecule has 4 nitrogen and oxygen atoms in total. The van der Waals surface area contributed by atoms with Crippen molar-refractivity contribution in [3.05, 3.63) is 0 Å². The van der Waals surface area contributed by atoms with Crippen molar-refractivity contribution in [2.45, 2.75) is 57.4 Å². The Labute approximate surface area is 118 Å². The molecule has 0 heterocycles. The summed E-state index contributed by atoms with van der Waals surface area (Å²) in [6, 6.07) is 0. The van der Waals surface area contributed by atoms with Crippen LogP contribution in [-0.4, -0.2) is 15.7 Å². The second-order valence-corrected chi connectivity index (χ2v) is 7.14. The van der Waals surface area contributed by atoms with Crippen molar-refractivity contribution in [3.8, 4) is 0 Å². The zero-order valence-electron chi connectivity index (χ0n) is 10.9. The second-order valence-electron chi connectivity index (χ2n) is 5.63. The molecular weight excluding hydrogens is 319 g/mol. The molecule has 0 aliphatic heterocycles. The maximum Gasteiger partial charge on any atom is 0.696 e. The lowest BCUT2D eigenvalue weighted by Gasteiger charge is -2.36. The number of hydrogen-bond acceptors (Lipinski definition) is 3. The molecule has 2 unspecified atom stereocenters. The fourth-order valence-corrected chi connectivity index (χ4v) is 3.56. The molecule has 0 aromatic carbocycles. The Morgan fingerprint density at radius 3 is 2.50 bits per heavy atom. The molecule has 0 radical (unpaired) electrons. The van der Waals surface area contributed by atoms with E-state index in [0.29, 0.717) is 12.3 Å². The Bertz CT molecular complexity index is 313. The van der Waals surface area contributed by atoms with Gasteiger partial charge in [0, 0.05) is 11.0 Å². The van der Waals surface area contributed by atoms with Gasteiger partial charge in [-0.2, -0.15) is 0 Å². The third-order valence-electron chi connectivity index (χ3n) is 3.78. The van der Waals surface area contributed by atoms with Gasteiger partial charge in [0.15, 0.2) is 5.78 Å². The number of carbonyl (C=O) groups excluding carboxylic acids is 1. The summed E-state index contributed by atoms with van der Waals surface area (Å²) in [5, 5.41) is -0.978. The van der Waals surface area contributed by atoms with E-state index in [1.807, 2.05) is 0 Å². The highest BCUT2D eigenvalue weighted by molar-refractivity contribution is 9.09. The highest BCUT2D eigenvalue weighted by Gasteiger charge is 2.36. The molecule has 0 spiro atoms. The molecule has 1 saturated carbocycles. The highest BCUT2D eigenvalue weighted by atomic mass is 79.9. The first-order chi connectivity index (χ1) is 8.33. The van der Waals surface area contributed by atoms with Gasteiger partial charge in [0.2, 0.25) is 5.01 Å². The van der Waals surface area contributed by atoms with Gasteiger partial charge < -0.3 is 0 Å². The van der Waals surface area contributed by atoms with Gasteiger partial charge in [-0.1, -0.05) is 37.6 Å². The molecule has 1 aliphatic carbocycles. The molecule has 0 bridgehead atoms. The van der Waals surface area contributed by atoms with Crippen LogP contribution in [0.1, 0.15) is 52.4 Å². The van der Waals surface area contributed by atoms with E-state index in [1.165, 1.54) is 32.1 Å². The molecule has 0 saturated heterocycles. The van der Waals surface area contributed by atoms with Crippen molar-refractivity contribution < 1.29 is 18.8 Å². The van der Waals surface area contributed by atoms with Crippen LogP contribution in [0.25, 0.3) is 0 Å². The number of ketones is 1. The minimum atomic E-state index is -2.75. The first kappa shape index (κ1) is 16.2. The Hall–Kier alpha value is 0.170. The van der Waals surface area contributed by atoms with Crippen molar-refractivity contribution >= 4 is 30.0 Å². The number of carbonyl (C=O) groups is 1. The predicted molar refractivity (Wildman–Crippen MR) is 73.6 cm³/mol. The largest absolute Gasteiger partial charge is 0.696 e. The van der Waals surface area contributed by atoms with Gasteiger partial charge in [-0.05, 0) is 40.1 Å². The fraction of sp³-hybridized carbons (Fsp3) is 0.917. The van der Waals surface area contributed by atoms with Crippen LogP contribution < -0.4 is 0 Å². The molecule has 104 valence electrons. The molecule has 18 heavy (non-hydrogen) atoms. The average molecular weight is 340 g/mol. The maximum absolute atomic E-state index is 11.9. The van der Waals surface area contributed by atoms with Crippen molar-refractivity contribution in [2.75, 3.05) is 0 Å². The van der Waals surface area contributed by atoms with Gasteiger partial charge in [0.05, 0.1) is 0 Å². The van der Waals surface area contributed by atoms with Crippen LogP contribution in [0.2, 0.25) is 0 Å². The molecule has 6 heteroatoms. The van der Waals surface area contributed by atoms with Crippen LogP contribution in [0, 0.1) is 11.3 Å². The summed E-state index contributed by atoms with van der Waals surface area (Å²) in [5.41, 5.74) is -0.0754. The van der Waals surface area contributed by atoms with E-state index < -0.39 is 13.3 Å². The Kier molecular flexibility index (Phi) is 6.39. The number of halogens is 1. The summed E-state index contributed by atoms with van der Waals surface area (Å²) in [6.45, 7) is 4.19. The van der Waals surface area contributed by atoms with E-state index in [9.17, 15) is 9.36 Å². The van der Waals surface area contributed by atoms with Crippen LogP contribution in [-0.2, 0) is 13.9 Å². The molecule has 2 atom stereocenters. The number of Topliss-reactive ketones (excluding diaryl/α,β-unsaturated/α-hetero) is 1. The standard InChI is InChI=1S/C12H20BrO4P/c1-12(2,9-6-4-3-5-7-9)8-10(14)11(13)17-18(15)16/h9,11H,3-8H2,1-2H3/p+1. The molecule has 0 amide bonds. The Balaban J connectivity index is 2.52. The lowest BCUT2D eigenvalue weighted by atomic mass is 9.69. The van der Waals surface area contributed by atoms with Crippen molar-refractivity contribution in [1.82, 2.24) is 0 Å².